The van der Waals surface area contributed by atoms with Gasteiger partial charge in [0, 0.05) is 6.04 Å². The van der Waals surface area contributed by atoms with Gasteiger partial charge in [-0.1, -0.05) is 38.3 Å². The molecule has 1 saturated carbocycles. The molecule has 1 fully saturated rings. The zero-order chi connectivity index (χ0) is 14.2. The predicted octanol–water partition coefficient (Wildman–Crippen LogP) is 4.19. The summed E-state index contributed by atoms with van der Waals surface area (Å²) < 4.78 is 5.24. The van der Waals surface area contributed by atoms with Crippen LogP contribution in [0.25, 0.3) is 0 Å². The maximum absolute atomic E-state index is 5.24. The summed E-state index contributed by atoms with van der Waals surface area (Å²) in [4.78, 5) is 0. The maximum atomic E-state index is 5.24. The molecule has 0 aromatic heterocycles. The van der Waals surface area contributed by atoms with Gasteiger partial charge in [0.2, 0.25) is 0 Å². The number of hydrogen-bond acceptors (Lipinski definition) is 2. The van der Waals surface area contributed by atoms with Gasteiger partial charge >= 0.3 is 0 Å². The van der Waals surface area contributed by atoms with Crippen molar-refractivity contribution in [2.45, 2.75) is 57.9 Å². The van der Waals surface area contributed by atoms with Gasteiger partial charge in [0.15, 0.2) is 0 Å². The number of ether oxygens (including phenoxy) is 1. The van der Waals surface area contributed by atoms with Crippen molar-refractivity contribution in [3.8, 4) is 5.75 Å². The van der Waals surface area contributed by atoms with E-state index in [1.807, 2.05) is 0 Å². The van der Waals surface area contributed by atoms with E-state index >= 15 is 0 Å². The third-order valence-electron chi connectivity index (χ3n) is 4.49. The fraction of sp³-hybridized carbons (Fsp3) is 0.667. The lowest BCUT2D eigenvalue weighted by Crippen LogP contribution is -2.39. The van der Waals surface area contributed by atoms with Gasteiger partial charge in [0.25, 0.3) is 0 Å². The van der Waals surface area contributed by atoms with E-state index in [-0.39, 0.29) is 0 Å². The SMILES string of the molecule is CCCNC(Cc1ccc(OC)cc1)C1CCCCC1. The van der Waals surface area contributed by atoms with E-state index < -0.39 is 0 Å². The van der Waals surface area contributed by atoms with Gasteiger partial charge < -0.3 is 10.1 Å². The molecule has 2 nitrogen and oxygen atoms in total. The van der Waals surface area contributed by atoms with Crippen LogP contribution in [0.4, 0.5) is 0 Å². The van der Waals surface area contributed by atoms with Gasteiger partial charge in [0.1, 0.15) is 5.75 Å². The highest BCUT2D eigenvalue weighted by Crippen LogP contribution is 2.28. The standard InChI is InChI=1S/C18H29NO/c1-3-13-19-18(16-7-5-4-6-8-16)14-15-9-11-17(20-2)12-10-15/h9-12,16,18-19H,3-8,13-14H2,1-2H3. The first-order valence-corrected chi connectivity index (χ1v) is 8.19. The summed E-state index contributed by atoms with van der Waals surface area (Å²) in [6, 6.07) is 9.22. The molecule has 1 atom stereocenters. The van der Waals surface area contributed by atoms with Crippen molar-refractivity contribution >= 4 is 0 Å². The first kappa shape index (κ1) is 15.4. The second-order valence-corrected chi connectivity index (χ2v) is 6.01. The Bertz CT molecular complexity index is 368. The quantitative estimate of drug-likeness (QED) is 0.806. The van der Waals surface area contributed by atoms with Gasteiger partial charge in [-0.2, -0.15) is 0 Å². The van der Waals surface area contributed by atoms with Crippen LogP contribution < -0.4 is 10.1 Å². The third-order valence-corrected chi connectivity index (χ3v) is 4.49. The molecular weight excluding hydrogens is 246 g/mol. The molecule has 1 aliphatic rings. The lowest BCUT2D eigenvalue weighted by molar-refractivity contribution is 0.267. The van der Waals surface area contributed by atoms with E-state index in [4.69, 9.17) is 4.74 Å². The zero-order valence-corrected chi connectivity index (χ0v) is 13.0. The van der Waals surface area contributed by atoms with E-state index in [0.29, 0.717) is 6.04 Å². The Balaban J connectivity index is 1.97. The van der Waals surface area contributed by atoms with Crippen molar-refractivity contribution in [2.24, 2.45) is 5.92 Å². The van der Waals surface area contributed by atoms with Crippen LogP contribution in [-0.4, -0.2) is 19.7 Å². The Labute approximate surface area is 123 Å². The monoisotopic (exact) mass is 275 g/mol. The van der Waals surface area contributed by atoms with Crippen LogP contribution in [0, 0.1) is 5.92 Å². The number of hydrogen-bond donors (Lipinski definition) is 1. The largest absolute Gasteiger partial charge is 0.497 e. The Kier molecular flexibility index (Phi) is 6.38. The Hall–Kier alpha value is -1.02. The predicted molar refractivity (Wildman–Crippen MR) is 85.4 cm³/mol. The summed E-state index contributed by atoms with van der Waals surface area (Å²) in [6.45, 7) is 3.38. The summed E-state index contributed by atoms with van der Waals surface area (Å²) in [5, 5.41) is 3.78. The lowest BCUT2D eigenvalue weighted by Gasteiger charge is -2.31. The Morgan fingerprint density at radius 1 is 1.15 bits per heavy atom. The fourth-order valence-electron chi connectivity index (χ4n) is 3.29. The molecule has 0 radical (unpaired) electrons. The summed E-state index contributed by atoms with van der Waals surface area (Å²) in [7, 11) is 1.72. The highest BCUT2D eigenvalue weighted by Gasteiger charge is 2.23. The van der Waals surface area contributed by atoms with Crippen molar-refractivity contribution in [3.63, 3.8) is 0 Å². The van der Waals surface area contributed by atoms with Gasteiger partial charge in [0.05, 0.1) is 7.11 Å². The van der Waals surface area contributed by atoms with Crippen molar-refractivity contribution in [1.29, 1.82) is 0 Å². The van der Waals surface area contributed by atoms with Crippen LogP contribution in [-0.2, 0) is 6.42 Å². The summed E-state index contributed by atoms with van der Waals surface area (Å²) in [5.74, 6) is 1.81. The smallest absolute Gasteiger partial charge is 0.118 e. The van der Waals surface area contributed by atoms with Crippen LogP contribution in [0.15, 0.2) is 24.3 Å². The molecule has 2 heteroatoms. The van der Waals surface area contributed by atoms with Crippen LogP contribution in [0.1, 0.15) is 51.0 Å². The highest BCUT2D eigenvalue weighted by molar-refractivity contribution is 5.27. The minimum atomic E-state index is 0.642. The second kappa shape index (κ2) is 8.31. The van der Waals surface area contributed by atoms with Gasteiger partial charge in [-0.15, -0.1) is 0 Å². The molecule has 0 heterocycles. The van der Waals surface area contributed by atoms with Crippen LogP contribution in [0.2, 0.25) is 0 Å². The van der Waals surface area contributed by atoms with Gasteiger partial charge in [-0.05, 0) is 55.8 Å². The molecule has 0 bridgehead atoms. The average Bonchev–Trinajstić information content (AvgIpc) is 2.53. The normalized spacial score (nSPS) is 17.9. The molecule has 1 unspecified atom stereocenters. The number of nitrogens with one attached hydrogen (secondary N) is 1. The van der Waals surface area contributed by atoms with Crippen molar-refractivity contribution in [1.82, 2.24) is 5.32 Å². The molecule has 0 amide bonds. The number of methoxy groups -OCH3 is 1. The molecule has 0 spiro atoms. The maximum Gasteiger partial charge on any atom is 0.118 e. The molecule has 2 rings (SSSR count). The second-order valence-electron chi connectivity index (χ2n) is 6.01. The third kappa shape index (κ3) is 4.52. The molecule has 1 aromatic rings. The van der Waals surface area contributed by atoms with Gasteiger partial charge in [-0.25, -0.2) is 0 Å². The molecule has 1 N–H and O–H groups in total. The fourth-order valence-corrected chi connectivity index (χ4v) is 3.29. The minimum absolute atomic E-state index is 0.642. The molecule has 0 aliphatic heterocycles. The summed E-state index contributed by atoms with van der Waals surface area (Å²) in [5.41, 5.74) is 1.42. The molecular formula is C18H29NO. The Morgan fingerprint density at radius 3 is 2.45 bits per heavy atom. The average molecular weight is 275 g/mol. The molecule has 20 heavy (non-hydrogen) atoms. The summed E-state index contributed by atoms with van der Waals surface area (Å²) in [6.07, 6.45) is 9.42. The molecule has 0 saturated heterocycles. The zero-order valence-electron chi connectivity index (χ0n) is 13.0. The Morgan fingerprint density at radius 2 is 1.85 bits per heavy atom. The van der Waals surface area contributed by atoms with Crippen LogP contribution in [0.5, 0.6) is 5.75 Å². The summed E-state index contributed by atoms with van der Waals surface area (Å²) >= 11 is 0. The highest BCUT2D eigenvalue weighted by atomic mass is 16.5. The van der Waals surface area contributed by atoms with Crippen molar-refractivity contribution < 1.29 is 4.74 Å². The topological polar surface area (TPSA) is 21.3 Å². The number of rotatable bonds is 7. The molecule has 1 aliphatic carbocycles. The molecule has 112 valence electrons. The first-order chi connectivity index (χ1) is 9.83. The van der Waals surface area contributed by atoms with Crippen molar-refractivity contribution in [3.05, 3.63) is 29.8 Å². The van der Waals surface area contributed by atoms with Crippen molar-refractivity contribution in [2.75, 3.05) is 13.7 Å². The van der Waals surface area contributed by atoms with E-state index in [2.05, 4.69) is 36.5 Å². The minimum Gasteiger partial charge on any atom is -0.497 e. The van der Waals surface area contributed by atoms with Crippen LogP contribution >= 0.6 is 0 Å². The van der Waals surface area contributed by atoms with E-state index in [1.165, 1.54) is 44.1 Å². The van der Waals surface area contributed by atoms with E-state index in [1.54, 1.807) is 7.11 Å². The lowest BCUT2D eigenvalue weighted by atomic mass is 9.81. The van der Waals surface area contributed by atoms with Crippen LogP contribution in [0.3, 0.4) is 0 Å². The molecule has 1 aromatic carbocycles. The first-order valence-electron chi connectivity index (χ1n) is 8.19. The van der Waals surface area contributed by atoms with Gasteiger partial charge in [-0.3, -0.25) is 0 Å². The van der Waals surface area contributed by atoms with E-state index in [0.717, 1.165) is 24.6 Å². The number of benzene rings is 1. The van der Waals surface area contributed by atoms with E-state index in [9.17, 15) is 0 Å².